The van der Waals surface area contributed by atoms with Crippen molar-refractivity contribution in [1.29, 1.82) is 0 Å². The summed E-state index contributed by atoms with van der Waals surface area (Å²) in [7, 11) is 1.22. The molecule has 0 aliphatic heterocycles. The highest BCUT2D eigenvalue weighted by molar-refractivity contribution is 5.72. The van der Waals surface area contributed by atoms with Crippen LogP contribution in [0.25, 0.3) is 11.3 Å². The second kappa shape index (κ2) is 6.16. The van der Waals surface area contributed by atoms with Gasteiger partial charge in [-0.2, -0.15) is 18.3 Å². The van der Waals surface area contributed by atoms with E-state index in [1.807, 2.05) is 31.2 Å². The number of nitrogens with one attached hydrogen (secondary N) is 1. The minimum atomic E-state index is -4.50. The summed E-state index contributed by atoms with van der Waals surface area (Å²) in [4.78, 5) is 0. The van der Waals surface area contributed by atoms with Gasteiger partial charge in [0.05, 0.1) is 5.69 Å². The van der Waals surface area contributed by atoms with E-state index in [1.165, 1.54) is 19.2 Å². The zero-order valence-corrected chi connectivity index (χ0v) is 13.6. The van der Waals surface area contributed by atoms with Gasteiger partial charge in [-0.25, -0.2) is 0 Å². The summed E-state index contributed by atoms with van der Waals surface area (Å²) in [6.45, 7) is 1.98. The zero-order chi connectivity index (χ0) is 18.2. The van der Waals surface area contributed by atoms with Crippen LogP contribution in [-0.2, 0) is 13.2 Å². The van der Waals surface area contributed by atoms with Gasteiger partial charge in [-0.1, -0.05) is 17.7 Å². The van der Waals surface area contributed by atoms with Gasteiger partial charge in [0.1, 0.15) is 11.4 Å². The van der Waals surface area contributed by atoms with E-state index in [2.05, 4.69) is 10.4 Å². The second-order valence-electron chi connectivity index (χ2n) is 5.76. The molecule has 0 aliphatic carbocycles. The first-order valence-corrected chi connectivity index (χ1v) is 7.52. The Labute approximate surface area is 142 Å². The van der Waals surface area contributed by atoms with Crippen molar-refractivity contribution < 1.29 is 18.3 Å². The molecule has 7 heteroatoms. The molecule has 0 saturated heterocycles. The predicted octanol–water partition coefficient (Wildman–Crippen LogP) is 4.86. The lowest BCUT2D eigenvalue weighted by atomic mass is 10.1. The molecule has 0 fully saturated rings. The quantitative estimate of drug-likeness (QED) is 0.711. The molecule has 3 rings (SSSR count). The third kappa shape index (κ3) is 3.60. The topological polar surface area (TPSA) is 50.1 Å². The predicted molar refractivity (Wildman–Crippen MR) is 89.8 cm³/mol. The number of phenols is 1. The normalized spacial score (nSPS) is 11.6. The van der Waals surface area contributed by atoms with Gasteiger partial charge in [0.15, 0.2) is 0 Å². The fourth-order valence-electron chi connectivity index (χ4n) is 2.49. The van der Waals surface area contributed by atoms with Crippen LogP contribution in [0.3, 0.4) is 0 Å². The van der Waals surface area contributed by atoms with Crippen LogP contribution in [0, 0.1) is 6.92 Å². The SMILES string of the molecule is Cc1ccc(Nc2ccc(-c3cc(C(F)(F)F)n(C)n3)c(O)c2)cc1. The molecule has 130 valence electrons. The van der Waals surface area contributed by atoms with Crippen LogP contribution in [-0.4, -0.2) is 14.9 Å². The lowest BCUT2D eigenvalue weighted by Crippen LogP contribution is -2.11. The van der Waals surface area contributed by atoms with Gasteiger partial charge in [-0.15, -0.1) is 0 Å². The van der Waals surface area contributed by atoms with Gasteiger partial charge < -0.3 is 10.4 Å². The first-order chi connectivity index (χ1) is 11.7. The van der Waals surface area contributed by atoms with Gasteiger partial charge in [0.2, 0.25) is 0 Å². The summed E-state index contributed by atoms with van der Waals surface area (Å²) >= 11 is 0. The Morgan fingerprint density at radius 3 is 2.20 bits per heavy atom. The summed E-state index contributed by atoms with van der Waals surface area (Å²) in [5.74, 6) is -0.149. The van der Waals surface area contributed by atoms with Crippen molar-refractivity contribution in [2.24, 2.45) is 7.05 Å². The average Bonchev–Trinajstić information content (AvgIpc) is 2.91. The molecular weight excluding hydrogens is 331 g/mol. The maximum atomic E-state index is 12.9. The molecule has 0 bridgehead atoms. The highest BCUT2D eigenvalue weighted by Gasteiger charge is 2.35. The zero-order valence-electron chi connectivity index (χ0n) is 13.6. The van der Waals surface area contributed by atoms with Crippen LogP contribution >= 0.6 is 0 Å². The van der Waals surface area contributed by atoms with Crippen LogP contribution in [0.15, 0.2) is 48.5 Å². The Morgan fingerprint density at radius 1 is 1.00 bits per heavy atom. The van der Waals surface area contributed by atoms with Crippen molar-refractivity contribution in [2.75, 3.05) is 5.32 Å². The van der Waals surface area contributed by atoms with E-state index in [9.17, 15) is 18.3 Å². The number of benzene rings is 2. The Hall–Kier alpha value is -2.96. The molecule has 0 saturated carbocycles. The molecule has 2 N–H and O–H groups in total. The largest absolute Gasteiger partial charge is 0.507 e. The van der Waals surface area contributed by atoms with Crippen molar-refractivity contribution in [3.63, 3.8) is 0 Å². The first kappa shape index (κ1) is 16.9. The number of anilines is 2. The monoisotopic (exact) mass is 347 g/mol. The van der Waals surface area contributed by atoms with Crippen molar-refractivity contribution in [3.8, 4) is 17.0 Å². The van der Waals surface area contributed by atoms with Gasteiger partial charge >= 0.3 is 6.18 Å². The van der Waals surface area contributed by atoms with E-state index in [-0.39, 0.29) is 17.0 Å². The fraction of sp³-hybridized carbons (Fsp3) is 0.167. The Morgan fingerprint density at radius 2 is 1.64 bits per heavy atom. The third-order valence-electron chi connectivity index (χ3n) is 3.78. The number of hydrogen-bond acceptors (Lipinski definition) is 3. The average molecular weight is 347 g/mol. The number of phenolic OH excluding ortho intramolecular Hbond substituents is 1. The maximum absolute atomic E-state index is 12.9. The number of nitrogens with zero attached hydrogens (tertiary/aromatic N) is 2. The minimum Gasteiger partial charge on any atom is -0.507 e. The standard InChI is InChI=1S/C18H16F3N3O/c1-11-3-5-12(6-4-11)22-13-7-8-14(16(25)9-13)15-10-17(18(19,20)21)24(2)23-15/h3-10,22,25H,1-2H3. The summed E-state index contributed by atoms with van der Waals surface area (Å²) in [5, 5.41) is 17.2. The highest BCUT2D eigenvalue weighted by atomic mass is 19.4. The molecule has 0 aliphatic rings. The van der Waals surface area contributed by atoms with Crippen LogP contribution in [0.1, 0.15) is 11.3 Å². The lowest BCUT2D eigenvalue weighted by Gasteiger charge is -2.09. The Kier molecular flexibility index (Phi) is 4.16. The Balaban J connectivity index is 1.88. The van der Waals surface area contributed by atoms with Gasteiger partial charge in [-0.3, -0.25) is 4.68 Å². The number of halogens is 3. The van der Waals surface area contributed by atoms with Crippen LogP contribution in [0.2, 0.25) is 0 Å². The third-order valence-corrected chi connectivity index (χ3v) is 3.78. The van der Waals surface area contributed by atoms with Gasteiger partial charge in [0, 0.05) is 30.1 Å². The smallest absolute Gasteiger partial charge is 0.433 e. The molecule has 1 heterocycles. The number of hydrogen-bond donors (Lipinski definition) is 2. The maximum Gasteiger partial charge on any atom is 0.433 e. The summed E-state index contributed by atoms with van der Waals surface area (Å²) in [6.07, 6.45) is -4.50. The van der Waals surface area contributed by atoms with E-state index in [0.717, 1.165) is 22.0 Å². The summed E-state index contributed by atoms with van der Waals surface area (Å²) < 4.78 is 39.4. The van der Waals surface area contributed by atoms with E-state index < -0.39 is 11.9 Å². The van der Waals surface area contributed by atoms with Crippen molar-refractivity contribution in [2.45, 2.75) is 13.1 Å². The molecule has 25 heavy (non-hydrogen) atoms. The molecule has 0 radical (unpaired) electrons. The van der Waals surface area contributed by atoms with Crippen LogP contribution in [0.4, 0.5) is 24.5 Å². The molecule has 0 spiro atoms. The number of rotatable bonds is 3. The lowest BCUT2D eigenvalue weighted by molar-refractivity contribution is -0.143. The summed E-state index contributed by atoms with van der Waals surface area (Å²) in [6, 6.07) is 13.3. The molecular formula is C18H16F3N3O. The minimum absolute atomic E-state index is 0.0641. The van der Waals surface area contributed by atoms with E-state index in [4.69, 9.17) is 0 Å². The molecule has 0 amide bonds. The molecule has 0 unspecified atom stereocenters. The van der Waals surface area contributed by atoms with Crippen molar-refractivity contribution in [1.82, 2.24) is 9.78 Å². The van der Waals surface area contributed by atoms with Crippen LogP contribution in [0.5, 0.6) is 5.75 Å². The molecule has 1 aromatic heterocycles. The molecule has 0 atom stereocenters. The highest BCUT2D eigenvalue weighted by Crippen LogP contribution is 2.36. The second-order valence-corrected chi connectivity index (χ2v) is 5.76. The van der Waals surface area contributed by atoms with E-state index in [0.29, 0.717) is 5.69 Å². The van der Waals surface area contributed by atoms with Gasteiger partial charge in [-0.05, 0) is 37.3 Å². The van der Waals surface area contributed by atoms with E-state index in [1.54, 1.807) is 6.07 Å². The number of alkyl halides is 3. The number of aromatic hydroxyl groups is 1. The molecule has 3 aromatic rings. The Bertz CT molecular complexity index is 899. The number of aryl methyl sites for hydroxylation is 2. The number of aromatic nitrogens is 2. The molecule has 2 aromatic carbocycles. The van der Waals surface area contributed by atoms with Crippen LogP contribution < -0.4 is 5.32 Å². The first-order valence-electron chi connectivity index (χ1n) is 7.52. The summed E-state index contributed by atoms with van der Waals surface area (Å²) in [5.41, 5.74) is 2.02. The van der Waals surface area contributed by atoms with Crippen molar-refractivity contribution >= 4 is 11.4 Å². The molecule has 4 nitrogen and oxygen atoms in total. The van der Waals surface area contributed by atoms with Crippen molar-refractivity contribution in [3.05, 3.63) is 59.8 Å². The van der Waals surface area contributed by atoms with E-state index >= 15 is 0 Å². The van der Waals surface area contributed by atoms with Gasteiger partial charge in [0.25, 0.3) is 0 Å². The fourth-order valence-corrected chi connectivity index (χ4v) is 2.49.